The lowest BCUT2D eigenvalue weighted by atomic mass is 10.1. The van der Waals surface area contributed by atoms with Gasteiger partial charge in [-0.3, -0.25) is 9.48 Å². The van der Waals surface area contributed by atoms with Crippen molar-refractivity contribution in [1.29, 1.82) is 0 Å². The number of hydrogen-bond acceptors (Lipinski definition) is 3. The Kier molecular flexibility index (Phi) is 3.12. The zero-order valence-corrected chi connectivity index (χ0v) is 9.72. The summed E-state index contributed by atoms with van der Waals surface area (Å²) in [5.74, 6) is -1.24. The molecule has 2 rings (SSSR count). The van der Waals surface area contributed by atoms with Gasteiger partial charge in [0.05, 0.1) is 0 Å². The molecule has 1 saturated heterocycles. The van der Waals surface area contributed by atoms with Crippen LogP contribution in [0.2, 0.25) is 0 Å². The molecule has 6 nitrogen and oxygen atoms in total. The maximum Gasteiger partial charge on any atom is 0.356 e. The summed E-state index contributed by atoms with van der Waals surface area (Å²) in [7, 11) is 1.59. The lowest BCUT2D eigenvalue weighted by molar-refractivity contribution is 0.0687. The van der Waals surface area contributed by atoms with Gasteiger partial charge >= 0.3 is 5.97 Å². The lowest BCUT2D eigenvalue weighted by Crippen LogP contribution is -2.36. The van der Waals surface area contributed by atoms with Gasteiger partial charge in [0.2, 0.25) is 0 Å². The number of aryl methyl sites for hydroxylation is 1. The fraction of sp³-hybridized carbons (Fsp3) is 0.545. The molecule has 1 N–H and O–H groups in total. The monoisotopic (exact) mass is 237 g/mol. The van der Waals surface area contributed by atoms with Crippen LogP contribution in [0.15, 0.2) is 6.07 Å². The minimum Gasteiger partial charge on any atom is -0.476 e. The molecule has 0 aromatic carbocycles. The van der Waals surface area contributed by atoms with Gasteiger partial charge in [-0.05, 0) is 19.3 Å². The number of aromatic carboxylic acids is 1. The van der Waals surface area contributed by atoms with Gasteiger partial charge in [-0.15, -0.1) is 0 Å². The number of piperidine rings is 1. The minimum atomic E-state index is -1.11. The summed E-state index contributed by atoms with van der Waals surface area (Å²) in [5.41, 5.74) is 0.247. The maximum atomic E-state index is 12.1. The normalized spacial score (nSPS) is 15.9. The zero-order chi connectivity index (χ0) is 12.4. The van der Waals surface area contributed by atoms with E-state index in [0.29, 0.717) is 5.69 Å². The molecular weight excluding hydrogens is 222 g/mol. The molecule has 1 amide bonds. The molecule has 1 aromatic rings. The Morgan fingerprint density at radius 2 is 1.94 bits per heavy atom. The number of rotatable bonds is 2. The Morgan fingerprint density at radius 1 is 1.29 bits per heavy atom. The number of carbonyl (C=O) groups excluding carboxylic acids is 1. The molecule has 1 aromatic heterocycles. The van der Waals surface area contributed by atoms with Gasteiger partial charge in [-0.1, -0.05) is 0 Å². The SMILES string of the molecule is Cn1nc(C(=O)O)cc1C(=O)N1CCCCC1. The number of carboxylic acids is 1. The maximum absolute atomic E-state index is 12.1. The third-order valence-electron chi connectivity index (χ3n) is 2.96. The smallest absolute Gasteiger partial charge is 0.356 e. The van der Waals surface area contributed by atoms with Crippen LogP contribution in [0.4, 0.5) is 0 Å². The average molecular weight is 237 g/mol. The molecule has 0 radical (unpaired) electrons. The highest BCUT2D eigenvalue weighted by molar-refractivity contribution is 5.95. The number of carbonyl (C=O) groups is 2. The quantitative estimate of drug-likeness (QED) is 0.823. The van der Waals surface area contributed by atoms with Gasteiger partial charge in [0.1, 0.15) is 5.69 Å². The molecule has 17 heavy (non-hydrogen) atoms. The second-order valence-corrected chi connectivity index (χ2v) is 4.20. The van der Waals surface area contributed by atoms with Gasteiger partial charge in [0, 0.05) is 26.2 Å². The fourth-order valence-electron chi connectivity index (χ4n) is 2.03. The van der Waals surface area contributed by atoms with Gasteiger partial charge < -0.3 is 10.0 Å². The standard InChI is InChI=1S/C11H15N3O3/c1-13-9(7-8(12-13)11(16)17)10(15)14-5-3-2-4-6-14/h7H,2-6H2,1H3,(H,16,17). The largest absolute Gasteiger partial charge is 0.476 e. The number of likely N-dealkylation sites (tertiary alicyclic amines) is 1. The fourth-order valence-corrected chi connectivity index (χ4v) is 2.03. The van der Waals surface area contributed by atoms with E-state index in [9.17, 15) is 9.59 Å². The summed E-state index contributed by atoms with van der Waals surface area (Å²) in [4.78, 5) is 24.6. The summed E-state index contributed by atoms with van der Waals surface area (Å²) in [5, 5.41) is 12.6. The van der Waals surface area contributed by atoms with Crippen LogP contribution < -0.4 is 0 Å². The predicted molar refractivity (Wildman–Crippen MR) is 59.9 cm³/mol. The van der Waals surface area contributed by atoms with E-state index in [1.165, 1.54) is 10.7 Å². The lowest BCUT2D eigenvalue weighted by Gasteiger charge is -2.26. The van der Waals surface area contributed by atoms with E-state index in [-0.39, 0.29) is 11.6 Å². The van der Waals surface area contributed by atoms with Crippen molar-refractivity contribution in [1.82, 2.24) is 14.7 Å². The van der Waals surface area contributed by atoms with Crippen molar-refractivity contribution in [2.75, 3.05) is 13.1 Å². The average Bonchev–Trinajstić information content (AvgIpc) is 2.72. The molecule has 92 valence electrons. The number of aromatic nitrogens is 2. The molecule has 1 fully saturated rings. The molecule has 0 atom stereocenters. The van der Waals surface area contributed by atoms with E-state index in [1.54, 1.807) is 11.9 Å². The number of amides is 1. The van der Waals surface area contributed by atoms with Gasteiger partial charge in [0.25, 0.3) is 5.91 Å². The Balaban J connectivity index is 2.20. The Labute approximate surface area is 98.8 Å². The van der Waals surface area contributed by atoms with E-state index in [2.05, 4.69) is 5.10 Å². The van der Waals surface area contributed by atoms with Crippen LogP contribution in [-0.2, 0) is 7.05 Å². The molecule has 0 unspecified atom stereocenters. The third-order valence-corrected chi connectivity index (χ3v) is 2.96. The molecular formula is C11H15N3O3. The van der Waals surface area contributed by atoms with Crippen molar-refractivity contribution in [3.8, 4) is 0 Å². The third kappa shape index (κ3) is 2.30. The highest BCUT2D eigenvalue weighted by atomic mass is 16.4. The minimum absolute atomic E-state index is 0.0899. The van der Waals surface area contributed by atoms with E-state index >= 15 is 0 Å². The highest BCUT2D eigenvalue weighted by Gasteiger charge is 2.23. The van der Waals surface area contributed by atoms with Crippen LogP contribution >= 0.6 is 0 Å². The number of nitrogens with zero attached hydrogens (tertiary/aromatic N) is 3. The van der Waals surface area contributed by atoms with Crippen molar-refractivity contribution >= 4 is 11.9 Å². The first-order valence-corrected chi connectivity index (χ1v) is 5.66. The molecule has 2 heterocycles. The van der Waals surface area contributed by atoms with Crippen molar-refractivity contribution in [3.05, 3.63) is 17.5 Å². The van der Waals surface area contributed by atoms with E-state index in [1.807, 2.05) is 0 Å². The Bertz CT molecular complexity index is 447. The van der Waals surface area contributed by atoms with Crippen LogP contribution in [0.25, 0.3) is 0 Å². The first kappa shape index (κ1) is 11.6. The first-order chi connectivity index (χ1) is 8.09. The number of hydrogen-bond donors (Lipinski definition) is 1. The summed E-state index contributed by atoms with van der Waals surface area (Å²) >= 11 is 0. The van der Waals surface area contributed by atoms with Crippen molar-refractivity contribution < 1.29 is 14.7 Å². The van der Waals surface area contributed by atoms with Crippen molar-refractivity contribution in [3.63, 3.8) is 0 Å². The second-order valence-electron chi connectivity index (χ2n) is 4.20. The zero-order valence-electron chi connectivity index (χ0n) is 9.72. The van der Waals surface area contributed by atoms with Crippen molar-refractivity contribution in [2.45, 2.75) is 19.3 Å². The van der Waals surface area contributed by atoms with Gasteiger partial charge in [-0.2, -0.15) is 5.10 Å². The molecule has 0 spiro atoms. The van der Waals surface area contributed by atoms with Crippen LogP contribution in [0.3, 0.4) is 0 Å². The Hall–Kier alpha value is -1.85. The second kappa shape index (κ2) is 4.57. The molecule has 1 aliphatic rings. The van der Waals surface area contributed by atoms with Gasteiger partial charge in [0.15, 0.2) is 5.69 Å². The summed E-state index contributed by atoms with van der Waals surface area (Å²) in [6.07, 6.45) is 3.17. The van der Waals surface area contributed by atoms with Crippen LogP contribution in [-0.4, -0.2) is 44.8 Å². The van der Waals surface area contributed by atoms with E-state index < -0.39 is 5.97 Å². The predicted octanol–water partition coefficient (Wildman–Crippen LogP) is 0.744. The first-order valence-electron chi connectivity index (χ1n) is 5.66. The topological polar surface area (TPSA) is 75.4 Å². The molecule has 0 bridgehead atoms. The molecule has 6 heteroatoms. The van der Waals surface area contributed by atoms with Crippen LogP contribution in [0.5, 0.6) is 0 Å². The summed E-state index contributed by atoms with van der Waals surface area (Å²) in [6, 6.07) is 1.33. The molecule has 1 aliphatic heterocycles. The summed E-state index contributed by atoms with van der Waals surface area (Å²) < 4.78 is 1.33. The van der Waals surface area contributed by atoms with Crippen LogP contribution in [0.1, 0.15) is 40.2 Å². The summed E-state index contributed by atoms with van der Waals surface area (Å²) in [6.45, 7) is 1.48. The van der Waals surface area contributed by atoms with Crippen LogP contribution in [0, 0.1) is 0 Å². The number of carboxylic acid groups (broad SMARTS) is 1. The Morgan fingerprint density at radius 3 is 2.47 bits per heavy atom. The van der Waals surface area contributed by atoms with E-state index in [4.69, 9.17) is 5.11 Å². The van der Waals surface area contributed by atoms with Crippen molar-refractivity contribution in [2.24, 2.45) is 7.05 Å². The van der Waals surface area contributed by atoms with Gasteiger partial charge in [-0.25, -0.2) is 4.79 Å². The molecule has 0 saturated carbocycles. The van der Waals surface area contributed by atoms with E-state index in [0.717, 1.165) is 32.4 Å². The highest BCUT2D eigenvalue weighted by Crippen LogP contribution is 2.13. The molecule has 0 aliphatic carbocycles.